The third-order valence-corrected chi connectivity index (χ3v) is 14.3. The van der Waals surface area contributed by atoms with Gasteiger partial charge in [-0.3, -0.25) is 30.0 Å². The Bertz CT molecular complexity index is 3310. The van der Waals surface area contributed by atoms with Gasteiger partial charge in [0.15, 0.2) is 46.4 Å². The summed E-state index contributed by atoms with van der Waals surface area (Å²) in [5.41, 5.74) is 1.73. The van der Waals surface area contributed by atoms with E-state index < -0.39 is 68.8 Å². The van der Waals surface area contributed by atoms with Gasteiger partial charge in [0.2, 0.25) is 0 Å². The van der Waals surface area contributed by atoms with Crippen LogP contribution in [0, 0.1) is 13.8 Å². The monoisotopic (exact) mass is 1200 g/mol. The van der Waals surface area contributed by atoms with Gasteiger partial charge in [-0.25, -0.2) is 44.5 Å². The van der Waals surface area contributed by atoms with E-state index in [0.29, 0.717) is 79.2 Å². The molecule has 0 unspecified atom stereocenters. The van der Waals surface area contributed by atoms with Gasteiger partial charge in [0, 0.05) is 70.7 Å². The molecule has 3 saturated heterocycles. The van der Waals surface area contributed by atoms with Crippen molar-refractivity contribution in [2.24, 2.45) is 0 Å². The number of amides is 4. The summed E-state index contributed by atoms with van der Waals surface area (Å²) in [6, 6.07) is 9.41. The SMILES string of the molecule is Cc1ncc(-c2ccnc(NC(=O)N3c4nc(C(=O)CCC(F)(F)F)ccc4N4CC[C@H]3C4)c2)o1.Cc1ncc(B2OC(C)(C)C(C)(C)O2)o1.O=C(CCC(F)(F)F)c1ccc2c(n1)N(C(=O)Nc1cc(Cl)ncn1)[C@H]1CCN2C1.S.S. The minimum atomic E-state index is -4.44. The molecule has 2 atom stereocenters. The van der Waals surface area contributed by atoms with Gasteiger partial charge in [-0.05, 0) is 76.9 Å². The number of oxazole rings is 2. The Morgan fingerprint density at radius 1 is 0.671 bits per heavy atom. The molecule has 438 valence electrons. The van der Waals surface area contributed by atoms with Crippen molar-refractivity contribution in [2.45, 2.75) is 116 Å². The molecule has 6 aromatic rings. The average molecular weight is 1200 g/mol. The highest BCUT2D eigenvalue weighted by Gasteiger charge is 2.53. The van der Waals surface area contributed by atoms with E-state index in [4.69, 9.17) is 29.7 Å². The second-order valence-corrected chi connectivity index (χ2v) is 20.7. The molecule has 5 aliphatic rings. The van der Waals surface area contributed by atoms with E-state index in [1.165, 1.54) is 40.5 Å². The minimum absolute atomic E-state index is 0. The summed E-state index contributed by atoms with van der Waals surface area (Å²) in [7, 11) is -0.448. The molecule has 21 nitrogen and oxygen atoms in total. The van der Waals surface area contributed by atoms with E-state index >= 15 is 0 Å². The van der Waals surface area contributed by atoms with Crippen LogP contribution in [0.3, 0.4) is 0 Å². The highest BCUT2D eigenvalue weighted by atomic mass is 35.5. The van der Waals surface area contributed by atoms with Crippen LogP contribution in [0.2, 0.25) is 5.15 Å². The van der Waals surface area contributed by atoms with Crippen LogP contribution in [0.1, 0.15) is 99.0 Å². The number of urea groups is 2. The normalized spacial score (nSPS) is 17.9. The topological polar surface area (TPSA) is 240 Å². The maximum Gasteiger partial charge on any atom is 0.534 e. The smallest absolute Gasteiger partial charge is 0.450 e. The van der Waals surface area contributed by atoms with Crippen LogP contribution < -0.4 is 35.9 Å². The molecule has 2 N–H and O–H groups in total. The fourth-order valence-corrected chi connectivity index (χ4v) is 9.50. The van der Waals surface area contributed by atoms with Crippen molar-refractivity contribution in [3.05, 3.63) is 95.7 Å². The van der Waals surface area contributed by atoms with Gasteiger partial charge < -0.3 is 27.9 Å². The second kappa shape index (κ2) is 24.8. The molecule has 11 rings (SSSR count). The van der Waals surface area contributed by atoms with Crippen molar-refractivity contribution >= 4 is 110 Å². The fraction of sp³-hybridized carbons (Fsp3) is 0.431. The predicted octanol–water partition coefficient (Wildman–Crippen LogP) is 9.78. The molecule has 0 radical (unpaired) electrons. The molecule has 82 heavy (non-hydrogen) atoms. The van der Waals surface area contributed by atoms with Crippen LogP contribution in [0.15, 0.2) is 76.2 Å². The lowest BCUT2D eigenvalue weighted by Gasteiger charge is -2.35. The van der Waals surface area contributed by atoms with E-state index in [9.17, 15) is 45.5 Å². The van der Waals surface area contributed by atoms with Crippen molar-refractivity contribution < 1.29 is 63.7 Å². The van der Waals surface area contributed by atoms with Gasteiger partial charge >= 0.3 is 31.5 Å². The number of carbonyl (C=O) groups is 4. The van der Waals surface area contributed by atoms with Gasteiger partial charge in [0.25, 0.3) is 0 Å². The number of carbonyl (C=O) groups excluding carboxylic acids is 4. The summed E-state index contributed by atoms with van der Waals surface area (Å²) in [6.45, 7) is 14.1. The molecule has 3 fully saturated rings. The molecule has 5 aliphatic heterocycles. The molecular weight excluding hydrogens is 1150 g/mol. The Morgan fingerprint density at radius 2 is 1.16 bits per heavy atom. The molecule has 4 amide bonds. The summed E-state index contributed by atoms with van der Waals surface area (Å²) < 4.78 is 97.6. The third kappa shape index (κ3) is 14.4. The van der Waals surface area contributed by atoms with Gasteiger partial charge in [0.05, 0.1) is 59.9 Å². The molecule has 31 heteroatoms. The maximum atomic E-state index is 13.4. The Labute approximate surface area is 485 Å². The van der Waals surface area contributed by atoms with Crippen molar-refractivity contribution in [3.63, 3.8) is 0 Å². The first-order chi connectivity index (χ1) is 37.7. The average Bonchev–Trinajstić information content (AvgIpc) is 4.26. The number of pyridine rings is 3. The summed E-state index contributed by atoms with van der Waals surface area (Å²) >= 11 is 5.82. The first kappa shape index (κ1) is 62.6. The lowest BCUT2D eigenvalue weighted by atomic mass is 9.87. The van der Waals surface area contributed by atoms with Crippen LogP contribution in [0.25, 0.3) is 11.3 Å². The van der Waals surface area contributed by atoms with Gasteiger partial charge in [0.1, 0.15) is 34.5 Å². The number of rotatable bonds is 10. The van der Waals surface area contributed by atoms with Crippen molar-refractivity contribution in [1.82, 2.24) is 34.9 Å². The molecule has 11 heterocycles. The zero-order valence-corrected chi connectivity index (χ0v) is 47.7. The number of alkyl halides is 6. The van der Waals surface area contributed by atoms with Crippen LogP contribution in [0.4, 0.5) is 70.6 Å². The molecule has 0 saturated carbocycles. The molecule has 0 aliphatic carbocycles. The molecular formula is C51H57BClF6N13O8S2. The number of fused-ring (bicyclic) bond motifs is 8. The lowest BCUT2D eigenvalue weighted by molar-refractivity contribution is -0.134. The van der Waals surface area contributed by atoms with E-state index in [0.717, 1.165) is 0 Å². The second-order valence-electron chi connectivity index (χ2n) is 20.3. The van der Waals surface area contributed by atoms with E-state index in [1.807, 2.05) is 37.5 Å². The molecule has 0 aromatic carbocycles. The van der Waals surface area contributed by atoms with Crippen molar-refractivity contribution in [1.29, 1.82) is 0 Å². The molecule has 6 aromatic heterocycles. The summed E-state index contributed by atoms with van der Waals surface area (Å²) in [5, 5.41) is 5.55. The molecule has 4 bridgehead atoms. The highest BCUT2D eigenvalue weighted by molar-refractivity contribution is 7.59. The predicted molar refractivity (Wildman–Crippen MR) is 301 cm³/mol. The zero-order chi connectivity index (χ0) is 57.5. The number of nitrogens with one attached hydrogen (secondary N) is 2. The van der Waals surface area contributed by atoms with Crippen LogP contribution in [-0.4, -0.2) is 127 Å². The number of nitrogens with zero attached hydrogens (tertiary/aromatic N) is 11. The van der Waals surface area contributed by atoms with Crippen LogP contribution >= 0.6 is 38.6 Å². The number of aryl methyl sites for hydroxylation is 2. The maximum absolute atomic E-state index is 13.4. The molecule has 0 spiro atoms. The van der Waals surface area contributed by atoms with E-state index in [-0.39, 0.29) is 90.1 Å². The fourth-order valence-electron chi connectivity index (χ4n) is 9.35. The van der Waals surface area contributed by atoms with Gasteiger partial charge in [-0.1, -0.05) is 11.6 Å². The largest absolute Gasteiger partial charge is 0.534 e. The standard InChI is InChI=1S/C23H21F3N6O3.C18H16ClF3N6O2.C10H16BNO3.2H2S/c1-13-28-11-19(35-13)14-5-8-27-20(10-14)30-22(34)32-15-6-9-31(12-15)17-3-2-16(29-21(17)32)18(33)4-7-23(24,25)26;19-14-7-15(24-9-23-14)26-17(30)28-10-4-6-27(8-10)12-2-1-11(25-16(12)28)13(29)3-5-18(20,21)22;1-7-12-6-8(13-7)11-14-9(2,3)10(4,5)15-11;;/h2-3,5,8,10-11,15H,4,6-7,9,12H2,1H3,(H,27,30,34);1-2,7,9-10H,3-6,8H2,(H,23,24,26,30);6H,1-5H3;2*1H2/t15-;10-;;;/m00.../s1. The quantitative estimate of drug-likeness (QED) is 0.0561. The summed E-state index contributed by atoms with van der Waals surface area (Å²) in [6.07, 6.45) is -5.39. The highest BCUT2D eigenvalue weighted by Crippen LogP contribution is 2.42. The number of aromatic nitrogens is 7. The Balaban J connectivity index is 0.000000187. The third-order valence-electron chi connectivity index (χ3n) is 14.1. The van der Waals surface area contributed by atoms with Crippen LogP contribution in [0.5, 0.6) is 0 Å². The lowest BCUT2D eigenvalue weighted by Crippen LogP contribution is -2.48. The number of ketones is 2. The Hall–Kier alpha value is -7.02. The van der Waals surface area contributed by atoms with Crippen LogP contribution in [-0.2, 0) is 9.31 Å². The first-order valence-electron chi connectivity index (χ1n) is 25.3. The van der Waals surface area contributed by atoms with Crippen molar-refractivity contribution in [2.75, 3.05) is 56.4 Å². The number of hydrogen-bond donors (Lipinski definition) is 2. The Kier molecular flexibility index (Phi) is 19.0. The number of Topliss-reactive ketones (excluding diaryl/α,β-unsaturated/α-hetero) is 2. The zero-order valence-electron chi connectivity index (χ0n) is 45.0. The van der Waals surface area contributed by atoms with Crippen molar-refractivity contribution in [3.8, 4) is 11.3 Å². The van der Waals surface area contributed by atoms with E-state index in [1.54, 1.807) is 50.5 Å². The Morgan fingerprint density at radius 3 is 1.61 bits per heavy atom. The van der Waals surface area contributed by atoms with E-state index in [2.05, 4.69) is 45.5 Å². The summed E-state index contributed by atoms with van der Waals surface area (Å²) in [5.74, 6) is 1.15. The summed E-state index contributed by atoms with van der Waals surface area (Å²) in [4.78, 5) is 86.5. The van der Waals surface area contributed by atoms with Gasteiger partial charge in [-0.2, -0.15) is 53.3 Å². The van der Waals surface area contributed by atoms with Gasteiger partial charge in [-0.15, -0.1) is 0 Å². The number of anilines is 6. The number of halogens is 7. The minimum Gasteiger partial charge on any atom is -0.450 e. The first-order valence-corrected chi connectivity index (χ1v) is 25.7. The number of hydrogen-bond acceptors (Lipinski definition) is 17.